The summed E-state index contributed by atoms with van der Waals surface area (Å²) < 4.78 is 123. The van der Waals surface area contributed by atoms with E-state index in [1.54, 1.807) is 0 Å². The smallest absolute Gasteiger partial charge is 0.328 e. The van der Waals surface area contributed by atoms with Crippen molar-refractivity contribution in [1.82, 2.24) is 14.9 Å². The van der Waals surface area contributed by atoms with Crippen LogP contribution in [0.3, 0.4) is 0 Å². The molecule has 0 unspecified atom stereocenters. The third-order valence-corrected chi connectivity index (χ3v) is 4.86. The van der Waals surface area contributed by atoms with Gasteiger partial charge in [0.25, 0.3) is 0 Å². The van der Waals surface area contributed by atoms with Crippen molar-refractivity contribution in [3.63, 3.8) is 0 Å². The number of nitriles is 1. The van der Waals surface area contributed by atoms with Crippen LogP contribution in [0, 0.1) is 17.1 Å². The van der Waals surface area contributed by atoms with Crippen LogP contribution in [0.15, 0.2) is 42.6 Å². The zero-order chi connectivity index (χ0) is 36.9. The number of carboxylic acid groups (broad SMARTS) is 2. The molecule has 0 saturated carbocycles. The predicted molar refractivity (Wildman–Crippen MR) is 130 cm³/mol. The summed E-state index contributed by atoms with van der Waals surface area (Å²) in [5.41, 5.74) is -1.99. The lowest BCUT2D eigenvalue weighted by Crippen LogP contribution is -2.38. The number of nitrogens with zero attached hydrogens (tertiary/aromatic N) is 4. The molecule has 4 rings (SSSR count). The molecule has 0 aliphatic carbocycles. The molecule has 0 bridgehead atoms. The Hall–Kier alpha value is -3.59. The fourth-order valence-electron chi connectivity index (χ4n) is 2.35. The van der Waals surface area contributed by atoms with Crippen molar-refractivity contribution < 1.29 is 42.1 Å². The van der Waals surface area contributed by atoms with Crippen molar-refractivity contribution in [2.24, 2.45) is 0 Å². The lowest BCUT2D eigenvalue weighted by Gasteiger charge is -2.32. The molecular formula is C23H21ClFN5O4S. The number of halogens is 2. The third kappa shape index (κ3) is 7.71. The van der Waals surface area contributed by atoms with Gasteiger partial charge in [-0.1, -0.05) is 17.6 Å². The van der Waals surface area contributed by atoms with Crippen LogP contribution in [0.25, 0.3) is 10.2 Å². The van der Waals surface area contributed by atoms with Gasteiger partial charge in [-0.2, -0.15) is 5.26 Å². The van der Waals surface area contributed by atoms with E-state index in [1.807, 2.05) is 0 Å². The van der Waals surface area contributed by atoms with Crippen molar-refractivity contribution >= 4 is 50.9 Å². The number of anilines is 1. The predicted octanol–water partition coefficient (Wildman–Crippen LogP) is 4.14. The standard InChI is InChI=1S/C19H17ClFN5S.C4H4O4/c20-17-8-15-18(23-11-24-19(15)27-17)25-14-3-5-26(6-4-14)10-12-1-2-16(21)13(7-12)9-22;5-3(6)1-2-4(7)8/h1-2,7-8,11,14H,3-6,10H2,(H,23,24,25);1-2H,(H,5,6)(H,7,8)/b;2-1-/i1D,2D,3D2,4D2,7D,8D,10D2,11D,14D;/hD. The summed E-state index contributed by atoms with van der Waals surface area (Å²) in [5, 5.41) is 24.7. The first kappa shape index (κ1) is 13.5. The second-order valence-electron chi connectivity index (χ2n) is 6.17. The SMILES string of the molecule is O=C(O)/C=C\C(=O)O.[2H]c1nc(N([2H])C2([2H])C([2H])([2H])CN(C([2H])([2H])c3c([2H])c([2H])c(F)c(C#N)c3[2H])CC2([2H])[2H])c2c([2H])c(Cl)sc2n1. The molecule has 1 aliphatic heterocycles. The summed E-state index contributed by atoms with van der Waals surface area (Å²) in [6.45, 7) is -5.32. The van der Waals surface area contributed by atoms with Crippen LogP contribution in [0.4, 0.5) is 10.2 Å². The maximum Gasteiger partial charge on any atom is 0.328 e. The lowest BCUT2D eigenvalue weighted by molar-refractivity contribution is -0.134. The van der Waals surface area contributed by atoms with Gasteiger partial charge in [0.2, 0.25) is 0 Å². The van der Waals surface area contributed by atoms with Crippen molar-refractivity contribution in [3.05, 3.63) is 63.9 Å². The van der Waals surface area contributed by atoms with Gasteiger partial charge in [0.05, 0.1) is 22.1 Å². The summed E-state index contributed by atoms with van der Waals surface area (Å²) >= 11 is 6.77. The molecule has 0 spiro atoms. The van der Waals surface area contributed by atoms with E-state index in [2.05, 4.69) is 9.97 Å². The quantitative estimate of drug-likeness (QED) is 0.401. The van der Waals surface area contributed by atoms with Crippen LogP contribution in [0.2, 0.25) is 5.75 Å². The summed E-state index contributed by atoms with van der Waals surface area (Å²) in [7, 11) is 0. The minimum absolute atomic E-state index is 0.0255. The van der Waals surface area contributed by atoms with E-state index in [1.165, 1.54) is 6.07 Å². The van der Waals surface area contributed by atoms with Gasteiger partial charge in [0.15, 0.2) is 1.41 Å². The number of aromatic nitrogens is 2. The zero-order valence-corrected chi connectivity index (χ0v) is 18.8. The average molecular weight is 531 g/mol. The molecule has 1 fully saturated rings. The maximum absolute atomic E-state index is 14.3. The van der Waals surface area contributed by atoms with E-state index in [9.17, 15) is 19.2 Å². The van der Waals surface area contributed by atoms with Crippen LogP contribution in [0.5, 0.6) is 0 Å². The first-order valence-corrected chi connectivity index (χ1v) is 10.4. The van der Waals surface area contributed by atoms with Gasteiger partial charge in [-0.3, -0.25) is 4.90 Å². The first-order valence-electron chi connectivity index (χ1n) is 15.6. The number of carboxylic acids is 2. The Balaban J connectivity index is 0.000000694. The molecule has 3 aromatic rings. The van der Waals surface area contributed by atoms with Gasteiger partial charge in [0, 0.05) is 46.0 Å². The molecule has 2 aromatic heterocycles. The minimum Gasteiger partial charge on any atom is -0.478 e. The number of thiophene rings is 1. The Kier molecular flexibility index (Phi) is 4.71. The third-order valence-electron chi connectivity index (χ3n) is 3.76. The number of fused-ring (bicyclic) bond motifs is 1. The highest BCUT2D eigenvalue weighted by Crippen LogP contribution is 2.32. The number of likely N-dealkylation sites (tertiary alicyclic amines) is 1. The Morgan fingerprint density at radius 1 is 1.40 bits per heavy atom. The molecule has 9 nitrogen and oxygen atoms in total. The van der Waals surface area contributed by atoms with Crippen LogP contribution >= 0.6 is 22.9 Å². The number of aliphatic carboxylic acids is 2. The number of carbonyl (C=O) groups is 2. The van der Waals surface area contributed by atoms with Crippen LogP contribution in [-0.4, -0.2) is 56.1 Å². The minimum atomic E-state index is -3.18. The van der Waals surface area contributed by atoms with Crippen LogP contribution < -0.4 is 5.31 Å². The average Bonchev–Trinajstić information content (AvgIpc) is 3.25. The molecule has 35 heavy (non-hydrogen) atoms. The maximum atomic E-state index is 14.3. The van der Waals surface area contributed by atoms with Crippen LogP contribution in [-0.2, 0) is 16.1 Å². The summed E-state index contributed by atoms with van der Waals surface area (Å²) in [6.07, 6.45) is -5.81. The van der Waals surface area contributed by atoms with Gasteiger partial charge in [0.1, 0.15) is 30.2 Å². The zero-order valence-electron chi connectivity index (χ0n) is 30.2. The molecule has 0 amide bonds. The van der Waals surface area contributed by atoms with E-state index in [0.29, 0.717) is 17.1 Å². The number of benzene rings is 1. The first-order chi connectivity index (χ1) is 21.9. The Morgan fingerprint density at radius 3 is 2.71 bits per heavy atom. The molecule has 1 aromatic carbocycles. The fourth-order valence-corrected chi connectivity index (χ4v) is 3.31. The summed E-state index contributed by atoms with van der Waals surface area (Å²) in [4.78, 5) is 27.2. The second-order valence-corrected chi connectivity index (χ2v) is 7.77. The van der Waals surface area contributed by atoms with Gasteiger partial charge in [-0.25, -0.2) is 23.9 Å². The molecule has 1 saturated heterocycles. The van der Waals surface area contributed by atoms with Gasteiger partial charge < -0.3 is 15.5 Å². The number of nitrogens with one attached hydrogen (secondary N) is 1. The van der Waals surface area contributed by atoms with Gasteiger partial charge in [-0.15, -0.1) is 11.3 Å². The Labute approximate surface area is 227 Å². The molecule has 182 valence electrons. The van der Waals surface area contributed by atoms with E-state index in [4.69, 9.17) is 39.7 Å². The summed E-state index contributed by atoms with van der Waals surface area (Å²) in [6, 6.07) is -5.57. The molecule has 3 N–H and O–H groups in total. The highest BCUT2D eigenvalue weighted by Gasteiger charge is 2.21. The topological polar surface area (TPSA) is 139 Å². The van der Waals surface area contributed by atoms with Crippen molar-refractivity contribution in [2.75, 3.05) is 18.4 Å². The largest absolute Gasteiger partial charge is 0.478 e. The molecule has 3 heterocycles. The Bertz CT molecular complexity index is 1860. The number of rotatable bonds is 6. The molecular weight excluding hydrogens is 497 g/mol. The highest BCUT2D eigenvalue weighted by atomic mass is 35.5. The number of piperidine rings is 1. The monoisotopic (exact) mass is 530 g/mol. The fraction of sp³-hybridized carbons (Fsp3) is 0.261. The van der Waals surface area contributed by atoms with E-state index < -0.39 is 97.5 Å². The highest BCUT2D eigenvalue weighted by molar-refractivity contribution is 7.22. The normalized spacial score (nSPS) is 23.9. The number of hydrogen-bond donors (Lipinski definition) is 3. The molecule has 12 heteroatoms. The van der Waals surface area contributed by atoms with Crippen molar-refractivity contribution in [3.8, 4) is 6.07 Å². The number of hydrogen-bond acceptors (Lipinski definition) is 8. The van der Waals surface area contributed by atoms with E-state index >= 15 is 0 Å². The van der Waals surface area contributed by atoms with Crippen molar-refractivity contribution in [2.45, 2.75) is 25.3 Å². The Morgan fingerprint density at radius 2 is 2.09 bits per heavy atom. The molecule has 1 aliphatic rings. The second kappa shape index (κ2) is 12.2. The van der Waals surface area contributed by atoms with Crippen LogP contribution in [0.1, 0.15) is 40.3 Å². The van der Waals surface area contributed by atoms with Gasteiger partial charge in [-0.05, 0) is 36.4 Å². The summed E-state index contributed by atoms with van der Waals surface area (Å²) in [5.74, 6) is -4.66. The van der Waals surface area contributed by atoms with E-state index in [0.717, 1.165) is 11.3 Å². The van der Waals surface area contributed by atoms with Crippen molar-refractivity contribution in [1.29, 1.82) is 5.26 Å². The molecule has 0 atom stereocenters. The van der Waals surface area contributed by atoms with Gasteiger partial charge >= 0.3 is 11.9 Å². The molecule has 0 radical (unpaired) electrons. The lowest BCUT2D eigenvalue weighted by atomic mass is 10.0. The van der Waals surface area contributed by atoms with E-state index in [-0.39, 0.29) is 25.9 Å².